The molecule has 1 unspecified atom stereocenters. The van der Waals surface area contributed by atoms with Gasteiger partial charge in [0.25, 0.3) is 0 Å². The SMILES string of the molecule is FC(F)(F)C(=S)NC1C=CC=CN1Cc1ccc(Cl)nc1. The highest BCUT2D eigenvalue weighted by Crippen LogP contribution is 2.18. The van der Waals surface area contributed by atoms with Gasteiger partial charge in [-0.2, -0.15) is 13.2 Å². The molecule has 3 nitrogen and oxygen atoms in total. The highest BCUT2D eigenvalue weighted by Gasteiger charge is 2.35. The van der Waals surface area contributed by atoms with Crippen molar-refractivity contribution in [3.8, 4) is 0 Å². The summed E-state index contributed by atoms with van der Waals surface area (Å²) < 4.78 is 37.5. The molecular weight excluding hydrogens is 323 g/mol. The molecule has 0 aromatic carbocycles. The number of thiocarbonyl (C=S) groups is 1. The zero-order chi connectivity index (χ0) is 15.5. The molecule has 1 aliphatic rings. The standard InChI is InChI=1S/C13H11ClF3N3S/c14-10-5-4-9(7-18-10)8-20-6-2-1-3-11(20)19-12(21)13(15,16)17/h1-7,11H,8H2,(H,19,21). The van der Waals surface area contributed by atoms with Gasteiger partial charge in [0.15, 0.2) is 4.99 Å². The topological polar surface area (TPSA) is 28.2 Å². The molecule has 1 aliphatic heterocycles. The van der Waals surface area contributed by atoms with Crippen molar-refractivity contribution in [3.05, 3.63) is 53.5 Å². The number of hydrogen-bond donors (Lipinski definition) is 1. The van der Waals surface area contributed by atoms with E-state index in [0.717, 1.165) is 5.56 Å². The fraction of sp³-hybridized carbons (Fsp3) is 0.231. The maximum absolute atomic E-state index is 12.5. The van der Waals surface area contributed by atoms with E-state index in [1.165, 1.54) is 0 Å². The summed E-state index contributed by atoms with van der Waals surface area (Å²) in [5.41, 5.74) is 0.823. The van der Waals surface area contributed by atoms with Crippen LogP contribution in [0.25, 0.3) is 0 Å². The van der Waals surface area contributed by atoms with Crippen LogP contribution < -0.4 is 5.32 Å². The number of halogens is 4. The van der Waals surface area contributed by atoms with Gasteiger partial charge in [-0.15, -0.1) is 0 Å². The first kappa shape index (κ1) is 15.8. The Hall–Kier alpha value is -1.60. The van der Waals surface area contributed by atoms with E-state index in [9.17, 15) is 13.2 Å². The van der Waals surface area contributed by atoms with Crippen molar-refractivity contribution < 1.29 is 13.2 Å². The Morgan fingerprint density at radius 1 is 1.38 bits per heavy atom. The normalized spacial score (nSPS) is 17.9. The van der Waals surface area contributed by atoms with E-state index in [-0.39, 0.29) is 0 Å². The summed E-state index contributed by atoms with van der Waals surface area (Å²) in [4.78, 5) is 4.48. The van der Waals surface area contributed by atoms with Gasteiger partial charge in [-0.1, -0.05) is 36.0 Å². The fourth-order valence-corrected chi connectivity index (χ4v) is 1.97. The molecule has 21 heavy (non-hydrogen) atoms. The first-order chi connectivity index (χ1) is 9.86. The van der Waals surface area contributed by atoms with Crippen LogP contribution in [0, 0.1) is 0 Å². The van der Waals surface area contributed by atoms with Crippen molar-refractivity contribution in [2.75, 3.05) is 0 Å². The van der Waals surface area contributed by atoms with Crippen molar-refractivity contribution in [3.63, 3.8) is 0 Å². The van der Waals surface area contributed by atoms with Gasteiger partial charge in [0.05, 0.1) is 0 Å². The second-order valence-corrected chi connectivity index (χ2v) is 5.10. The molecule has 1 aromatic heterocycles. The summed E-state index contributed by atoms with van der Waals surface area (Å²) >= 11 is 10.1. The lowest BCUT2D eigenvalue weighted by Gasteiger charge is -2.32. The van der Waals surface area contributed by atoms with E-state index in [2.05, 4.69) is 22.5 Å². The zero-order valence-electron chi connectivity index (χ0n) is 10.6. The first-order valence-corrected chi connectivity index (χ1v) is 6.74. The molecule has 2 heterocycles. The predicted molar refractivity (Wildman–Crippen MR) is 78.6 cm³/mol. The first-order valence-electron chi connectivity index (χ1n) is 5.95. The molecule has 0 radical (unpaired) electrons. The third-order valence-corrected chi connectivity index (χ3v) is 3.30. The quantitative estimate of drug-likeness (QED) is 0.677. The second kappa shape index (κ2) is 6.44. The Labute approximate surface area is 130 Å². The van der Waals surface area contributed by atoms with Crippen LogP contribution in [0.5, 0.6) is 0 Å². The Balaban J connectivity index is 2.06. The van der Waals surface area contributed by atoms with Crippen LogP contribution in [0.2, 0.25) is 5.15 Å². The van der Waals surface area contributed by atoms with E-state index in [1.54, 1.807) is 47.7 Å². The molecule has 0 fully saturated rings. The Kier molecular flexibility index (Phi) is 4.84. The fourth-order valence-electron chi connectivity index (χ4n) is 1.74. The molecule has 0 amide bonds. The summed E-state index contributed by atoms with van der Waals surface area (Å²) in [5, 5.41) is 2.65. The third-order valence-electron chi connectivity index (χ3n) is 2.73. The Bertz CT molecular complexity index is 569. The van der Waals surface area contributed by atoms with Crippen LogP contribution in [0.4, 0.5) is 13.2 Å². The molecule has 0 saturated carbocycles. The zero-order valence-corrected chi connectivity index (χ0v) is 12.2. The van der Waals surface area contributed by atoms with Crippen molar-refractivity contribution >= 4 is 28.8 Å². The van der Waals surface area contributed by atoms with Crippen LogP contribution in [0.1, 0.15) is 5.56 Å². The van der Waals surface area contributed by atoms with E-state index in [4.69, 9.17) is 11.6 Å². The van der Waals surface area contributed by atoms with Gasteiger partial charge < -0.3 is 10.2 Å². The van der Waals surface area contributed by atoms with Crippen molar-refractivity contribution in [1.82, 2.24) is 15.2 Å². The summed E-state index contributed by atoms with van der Waals surface area (Å²) in [5.74, 6) is 0. The number of alkyl halides is 3. The van der Waals surface area contributed by atoms with E-state index >= 15 is 0 Å². The van der Waals surface area contributed by atoms with Crippen molar-refractivity contribution in [2.45, 2.75) is 18.9 Å². The van der Waals surface area contributed by atoms with Gasteiger partial charge in [0.1, 0.15) is 11.3 Å². The maximum Gasteiger partial charge on any atom is 0.441 e. The molecule has 0 spiro atoms. The highest BCUT2D eigenvalue weighted by atomic mass is 35.5. The molecule has 0 saturated heterocycles. The van der Waals surface area contributed by atoms with Crippen LogP contribution in [-0.2, 0) is 6.54 Å². The van der Waals surface area contributed by atoms with Gasteiger partial charge in [-0.05, 0) is 23.8 Å². The molecule has 2 rings (SSSR count). The van der Waals surface area contributed by atoms with Crippen molar-refractivity contribution in [1.29, 1.82) is 0 Å². The molecule has 8 heteroatoms. The van der Waals surface area contributed by atoms with Gasteiger partial charge in [-0.3, -0.25) is 0 Å². The van der Waals surface area contributed by atoms with Gasteiger partial charge in [0.2, 0.25) is 0 Å². The molecule has 1 aromatic rings. The minimum Gasteiger partial charge on any atom is -0.350 e. The number of nitrogens with one attached hydrogen (secondary N) is 1. The van der Waals surface area contributed by atoms with Crippen LogP contribution in [0.3, 0.4) is 0 Å². The van der Waals surface area contributed by atoms with E-state index in [0.29, 0.717) is 11.7 Å². The van der Waals surface area contributed by atoms with Crippen molar-refractivity contribution in [2.24, 2.45) is 0 Å². The van der Waals surface area contributed by atoms with Crippen LogP contribution in [-0.4, -0.2) is 27.2 Å². The molecular formula is C13H11ClF3N3S. The highest BCUT2D eigenvalue weighted by molar-refractivity contribution is 7.80. The minimum atomic E-state index is -4.54. The lowest BCUT2D eigenvalue weighted by atomic mass is 10.2. The molecule has 1 atom stereocenters. The average molecular weight is 334 g/mol. The second-order valence-electron chi connectivity index (χ2n) is 4.30. The lowest BCUT2D eigenvalue weighted by molar-refractivity contribution is -0.0601. The third kappa shape index (κ3) is 4.44. The van der Waals surface area contributed by atoms with Gasteiger partial charge in [-0.25, -0.2) is 4.98 Å². The number of rotatable bonds is 3. The lowest BCUT2D eigenvalue weighted by Crippen LogP contribution is -2.48. The monoisotopic (exact) mass is 333 g/mol. The smallest absolute Gasteiger partial charge is 0.350 e. The molecule has 1 N–H and O–H groups in total. The largest absolute Gasteiger partial charge is 0.441 e. The van der Waals surface area contributed by atoms with Crippen LogP contribution >= 0.6 is 23.8 Å². The number of aromatic nitrogens is 1. The number of nitrogens with zero attached hydrogens (tertiary/aromatic N) is 2. The van der Waals surface area contributed by atoms with Gasteiger partial charge in [0, 0.05) is 18.9 Å². The number of allylic oxidation sites excluding steroid dienone is 2. The Morgan fingerprint density at radius 3 is 2.76 bits per heavy atom. The number of pyridine rings is 1. The summed E-state index contributed by atoms with van der Waals surface area (Å²) in [6.45, 7) is 0.378. The molecule has 112 valence electrons. The summed E-state index contributed by atoms with van der Waals surface area (Å²) in [6, 6.07) is 3.39. The predicted octanol–water partition coefficient (Wildman–Crippen LogP) is 3.43. The maximum atomic E-state index is 12.5. The summed E-state index contributed by atoms with van der Waals surface area (Å²) in [7, 11) is 0. The van der Waals surface area contributed by atoms with Crippen LogP contribution in [0.15, 0.2) is 42.8 Å². The average Bonchev–Trinajstić information content (AvgIpc) is 2.42. The molecule has 0 aliphatic carbocycles. The minimum absolute atomic E-state index is 0.362. The Morgan fingerprint density at radius 2 is 2.14 bits per heavy atom. The number of hydrogen-bond acceptors (Lipinski definition) is 3. The summed E-state index contributed by atoms with van der Waals surface area (Å²) in [6.07, 6.45) is 3.04. The van der Waals surface area contributed by atoms with Gasteiger partial charge >= 0.3 is 6.18 Å². The van der Waals surface area contributed by atoms with E-state index in [1.807, 2.05) is 0 Å². The van der Waals surface area contributed by atoms with E-state index < -0.39 is 17.3 Å². The molecule has 0 bridgehead atoms.